The fraction of sp³-hybridized carbons (Fsp3) is 0.875. The molecule has 1 amide bonds. The minimum absolute atomic E-state index is 0.0757. The number of hydrogen-bond acceptors (Lipinski definition) is 4. The monoisotopic (exact) mass is 326 g/mol. The Morgan fingerprint density at radius 2 is 1.73 bits per heavy atom. The van der Waals surface area contributed by atoms with Gasteiger partial charge in [0.1, 0.15) is 5.60 Å². The van der Waals surface area contributed by atoms with Gasteiger partial charge in [0.05, 0.1) is 24.6 Å². The van der Waals surface area contributed by atoms with E-state index < -0.39 is 13.9 Å². The Morgan fingerprint density at radius 1 is 1.18 bits per heavy atom. The lowest BCUT2D eigenvalue weighted by atomic mass is 10.1. The summed E-state index contributed by atoms with van der Waals surface area (Å²) in [5.74, 6) is -0.290. The highest BCUT2D eigenvalue weighted by atomic mass is 28.4. The third kappa shape index (κ3) is 4.72. The predicted octanol–water partition coefficient (Wildman–Crippen LogP) is 3.77. The van der Waals surface area contributed by atoms with Gasteiger partial charge in [0.25, 0.3) is 0 Å². The maximum Gasteiger partial charge on any atom is 0.410 e. The lowest BCUT2D eigenvalue weighted by molar-refractivity contribution is 0.0272. The van der Waals surface area contributed by atoms with Crippen LogP contribution >= 0.6 is 0 Å². The van der Waals surface area contributed by atoms with Crippen LogP contribution in [0.5, 0.6) is 0 Å². The lowest BCUT2D eigenvalue weighted by Crippen LogP contribution is -2.46. The maximum atomic E-state index is 12.2. The molecular formula is C16H30N2O3Si. The van der Waals surface area contributed by atoms with Crippen molar-refractivity contribution < 1.29 is 14.0 Å². The number of amides is 1. The van der Waals surface area contributed by atoms with Crippen LogP contribution in [0.3, 0.4) is 0 Å². The Hall–Kier alpha value is -1.06. The summed E-state index contributed by atoms with van der Waals surface area (Å²) in [6.07, 6.45) is -0.590. The van der Waals surface area contributed by atoms with Crippen LogP contribution in [-0.4, -0.2) is 44.1 Å². The first-order chi connectivity index (χ1) is 9.77. The maximum absolute atomic E-state index is 12.2. The second-order valence-corrected chi connectivity index (χ2v) is 13.3. The molecule has 5 nitrogen and oxygen atoms in total. The van der Waals surface area contributed by atoms with Crippen molar-refractivity contribution in [2.24, 2.45) is 5.92 Å². The highest BCUT2D eigenvalue weighted by Gasteiger charge is 2.45. The Balaban J connectivity index is 2.79. The molecule has 2 atom stereocenters. The second kappa shape index (κ2) is 6.21. The molecule has 0 spiro atoms. The molecule has 1 aliphatic rings. The van der Waals surface area contributed by atoms with Crippen LogP contribution in [0, 0.1) is 17.2 Å². The van der Waals surface area contributed by atoms with Crippen LogP contribution < -0.4 is 0 Å². The molecule has 0 radical (unpaired) electrons. The summed E-state index contributed by atoms with van der Waals surface area (Å²) in [6, 6.07) is 2.28. The normalized spacial score (nSPS) is 23.3. The van der Waals surface area contributed by atoms with E-state index in [1.54, 1.807) is 4.90 Å². The van der Waals surface area contributed by atoms with Crippen LogP contribution in [0.25, 0.3) is 0 Å². The van der Waals surface area contributed by atoms with E-state index >= 15 is 0 Å². The molecule has 0 bridgehead atoms. The van der Waals surface area contributed by atoms with Gasteiger partial charge in [0.2, 0.25) is 0 Å². The third-order valence-electron chi connectivity index (χ3n) is 4.34. The van der Waals surface area contributed by atoms with E-state index in [1.807, 2.05) is 20.8 Å². The average Bonchev–Trinajstić information content (AvgIpc) is 2.67. The van der Waals surface area contributed by atoms with E-state index in [9.17, 15) is 10.1 Å². The molecule has 0 unspecified atom stereocenters. The van der Waals surface area contributed by atoms with Crippen LogP contribution in [0.2, 0.25) is 18.1 Å². The predicted molar refractivity (Wildman–Crippen MR) is 89.0 cm³/mol. The van der Waals surface area contributed by atoms with Gasteiger partial charge in [-0.25, -0.2) is 4.79 Å². The van der Waals surface area contributed by atoms with E-state index in [1.165, 1.54) is 0 Å². The number of carbonyl (C=O) groups excluding carboxylic acids is 1. The number of likely N-dealkylation sites (tertiary alicyclic amines) is 1. The Labute approximate surface area is 135 Å². The second-order valence-electron chi connectivity index (χ2n) is 8.54. The molecule has 0 aromatic rings. The smallest absolute Gasteiger partial charge is 0.410 e. The van der Waals surface area contributed by atoms with E-state index in [0.29, 0.717) is 13.1 Å². The number of nitriles is 1. The molecule has 0 aromatic heterocycles. The minimum atomic E-state index is -1.97. The zero-order valence-corrected chi connectivity index (χ0v) is 16.2. The Kier molecular flexibility index (Phi) is 5.36. The van der Waals surface area contributed by atoms with Crippen molar-refractivity contribution >= 4 is 14.4 Å². The minimum Gasteiger partial charge on any atom is -0.444 e. The molecule has 0 saturated carbocycles. The number of carbonyl (C=O) groups is 1. The molecule has 6 heteroatoms. The van der Waals surface area contributed by atoms with E-state index in [-0.39, 0.29) is 23.2 Å². The highest BCUT2D eigenvalue weighted by Crippen LogP contribution is 2.39. The molecule has 22 heavy (non-hydrogen) atoms. The zero-order chi connectivity index (χ0) is 17.3. The van der Waals surface area contributed by atoms with Crippen molar-refractivity contribution in [1.29, 1.82) is 5.26 Å². The van der Waals surface area contributed by atoms with Gasteiger partial charge in [-0.15, -0.1) is 0 Å². The fourth-order valence-electron chi connectivity index (χ4n) is 2.05. The standard InChI is InChI=1S/C16H30N2O3Si/c1-15(2,3)20-14(19)18-10-12(9-17)13(11-18)21-22(7,8)16(4,5)6/h12-13H,10-11H2,1-8H3/t12-,13-/m1/s1. The summed E-state index contributed by atoms with van der Waals surface area (Å²) in [5.41, 5.74) is -0.530. The Bertz CT molecular complexity index is 457. The molecule has 1 fully saturated rings. The van der Waals surface area contributed by atoms with Gasteiger partial charge in [-0.3, -0.25) is 0 Å². The topological polar surface area (TPSA) is 62.6 Å². The fourth-order valence-corrected chi connectivity index (χ4v) is 3.40. The molecule has 1 aliphatic heterocycles. The molecule has 0 aliphatic carbocycles. The van der Waals surface area contributed by atoms with Crippen molar-refractivity contribution in [3.8, 4) is 6.07 Å². The van der Waals surface area contributed by atoms with Gasteiger partial charge in [0, 0.05) is 6.54 Å². The molecule has 1 heterocycles. The van der Waals surface area contributed by atoms with E-state index in [0.717, 1.165) is 0 Å². The summed E-state index contributed by atoms with van der Waals surface area (Å²) in [7, 11) is -1.97. The number of hydrogen-bond donors (Lipinski definition) is 0. The van der Waals surface area contributed by atoms with Crippen molar-refractivity contribution in [2.75, 3.05) is 13.1 Å². The first kappa shape index (κ1) is 19.0. The van der Waals surface area contributed by atoms with Crippen LogP contribution in [-0.2, 0) is 9.16 Å². The third-order valence-corrected chi connectivity index (χ3v) is 8.84. The molecule has 1 rings (SSSR count). The molecule has 126 valence electrons. The van der Waals surface area contributed by atoms with Gasteiger partial charge in [-0.1, -0.05) is 20.8 Å². The first-order valence-electron chi connectivity index (χ1n) is 7.82. The largest absolute Gasteiger partial charge is 0.444 e. The van der Waals surface area contributed by atoms with E-state index in [4.69, 9.17) is 9.16 Å². The van der Waals surface area contributed by atoms with Crippen molar-refractivity contribution in [1.82, 2.24) is 4.90 Å². The van der Waals surface area contributed by atoms with Gasteiger partial charge in [-0.2, -0.15) is 5.26 Å². The Morgan fingerprint density at radius 3 is 2.14 bits per heavy atom. The summed E-state index contributed by atoms with van der Waals surface area (Å²) < 4.78 is 11.7. The molecule has 0 N–H and O–H groups in total. The summed E-state index contributed by atoms with van der Waals surface area (Å²) in [6.45, 7) is 17.2. The summed E-state index contributed by atoms with van der Waals surface area (Å²) in [5, 5.41) is 9.45. The van der Waals surface area contributed by atoms with Crippen molar-refractivity contribution in [3.05, 3.63) is 0 Å². The highest BCUT2D eigenvalue weighted by molar-refractivity contribution is 6.74. The average molecular weight is 327 g/mol. The number of nitrogens with zero attached hydrogens (tertiary/aromatic N) is 2. The van der Waals surface area contributed by atoms with Gasteiger partial charge >= 0.3 is 6.09 Å². The number of rotatable bonds is 2. The zero-order valence-electron chi connectivity index (χ0n) is 15.2. The van der Waals surface area contributed by atoms with Crippen molar-refractivity contribution in [3.63, 3.8) is 0 Å². The van der Waals surface area contributed by atoms with Crippen LogP contribution in [0.1, 0.15) is 41.5 Å². The number of ether oxygens (including phenoxy) is 1. The molecule has 0 aromatic carbocycles. The first-order valence-corrected chi connectivity index (χ1v) is 10.7. The van der Waals surface area contributed by atoms with Gasteiger partial charge < -0.3 is 14.1 Å². The van der Waals surface area contributed by atoms with E-state index in [2.05, 4.69) is 39.9 Å². The molecule has 1 saturated heterocycles. The van der Waals surface area contributed by atoms with Crippen molar-refractivity contribution in [2.45, 2.75) is 71.4 Å². The van der Waals surface area contributed by atoms with Crippen LogP contribution in [0.15, 0.2) is 0 Å². The quantitative estimate of drug-likeness (QED) is 0.725. The SMILES string of the molecule is CC(C)(C)OC(=O)N1C[C@@H](C#N)[C@H](O[Si](C)(C)C(C)(C)C)C1. The van der Waals surface area contributed by atoms with Gasteiger partial charge in [0.15, 0.2) is 8.32 Å². The van der Waals surface area contributed by atoms with Crippen LogP contribution in [0.4, 0.5) is 4.79 Å². The summed E-state index contributed by atoms with van der Waals surface area (Å²) in [4.78, 5) is 13.8. The van der Waals surface area contributed by atoms with Gasteiger partial charge in [-0.05, 0) is 38.9 Å². The summed E-state index contributed by atoms with van der Waals surface area (Å²) >= 11 is 0. The lowest BCUT2D eigenvalue weighted by Gasteiger charge is -2.38. The molecular weight excluding hydrogens is 296 g/mol.